The first-order valence-corrected chi connectivity index (χ1v) is 22.9. The Morgan fingerprint density at radius 1 is 0.825 bits per heavy atom. The van der Waals surface area contributed by atoms with Crippen LogP contribution in [0, 0.1) is 23.4 Å². The quantitative estimate of drug-likeness (QED) is 0.107. The largest absolute Gasteiger partial charge is 0.464 e. The number of carbonyl (C=O) groups is 2. The minimum Gasteiger partial charge on any atom is -0.464 e. The standard InChI is InChI=1S/C48H54F5N3O6Si/c1-29-21-36-35-24-32(49)19-20-39(35)56(43(57)58)41(36)42(40-37(50)22-30(23-38(40)51)47(8,60)31-25-54(26-31)44(59)62-45(2,3)4)55(29)27-48(52,53)28-61-63(46(5,6)7,33-15-11-9-12-16-33)34-17-13-10-14-18-34/h9-20,22-24,29,31,42,60H,21,25-28H2,1-8H3,(H,57,58)/t29-,42-,47?/m1/s1. The van der Waals surface area contributed by atoms with Crippen molar-refractivity contribution < 1.29 is 50.9 Å². The summed E-state index contributed by atoms with van der Waals surface area (Å²) in [6.07, 6.45) is -2.22. The number of rotatable bonds is 10. The van der Waals surface area contributed by atoms with Crippen LogP contribution in [0.15, 0.2) is 91.0 Å². The topological polar surface area (TPSA) is 104 Å². The van der Waals surface area contributed by atoms with Crippen LogP contribution in [-0.4, -0.2) is 88.9 Å². The van der Waals surface area contributed by atoms with E-state index in [0.29, 0.717) is 0 Å². The third-order valence-electron chi connectivity index (χ3n) is 12.5. The first kappa shape index (κ1) is 45.9. The van der Waals surface area contributed by atoms with Crippen LogP contribution in [0.25, 0.3) is 10.9 Å². The van der Waals surface area contributed by atoms with Crippen molar-refractivity contribution in [1.82, 2.24) is 14.4 Å². The molecule has 1 fully saturated rings. The van der Waals surface area contributed by atoms with Gasteiger partial charge in [-0.1, -0.05) is 81.4 Å². The number of benzene rings is 4. The fraction of sp³-hybridized carbons (Fsp3) is 0.417. The minimum absolute atomic E-state index is 0.0228. The second-order valence-corrected chi connectivity index (χ2v) is 23.5. The van der Waals surface area contributed by atoms with Gasteiger partial charge >= 0.3 is 12.2 Å². The van der Waals surface area contributed by atoms with Gasteiger partial charge in [0.1, 0.15) is 23.1 Å². The summed E-state index contributed by atoms with van der Waals surface area (Å²) in [5, 5.41) is 23.4. The Labute approximate surface area is 365 Å². The van der Waals surface area contributed by atoms with Crippen LogP contribution in [0.1, 0.15) is 83.8 Å². The molecule has 1 amide bonds. The summed E-state index contributed by atoms with van der Waals surface area (Å²) in [6, 6.07) is 21.1. The van der Waals surface area contributed by atoms with Crippen LogP contribution in [0.2, 0.25) is 5.04 Å². The molecular formula is C48H54F5N3O6Si. The number of aliphatic hydroxyl groups is 1. The SMILES string of the molecule is C[C@@H]1Cc2c(n(C(=O)O)c3ccc(F)cc23)[C@@H](c2c(F)cc(C(C)(O)C3CN(C(=O)OC(C)(C)C)C3)cc2F)N1CC(F)(F)CO[Si](c1ccccc1)(c1ccccc1)C(C)(C)C. The van der Waals surface area contributed by atoms with E-state index in [9.17, 15) is 24.2 Å². The lowest BCUT2D eigenvalue weighted by Gasteiger charge is -2.47. The van der Waals surface area contributed by atoms with Gasteiger partial charge in [-0.2, -0.15) is 0 Å². The second-order valence-electron chi connectivity index (χ2n) is 19.2. The molecule has 2 aliphatic rings. The molecule has 1 unspecified atom stereocenters. The molecule has 63 heavy (non-hydrogen) atoms. The van der Waals surface area contributed by atoms with E-state index >= 15 is 17.6 Å². The van der Waals surface area contributed by atoms with Crippen molar-refractivity contribution in [2.24, 2.45) is 5.92 Å². The molecule has 336 valence electrons. The fourth-order valence-corrected chi connectivity index (χ4v) is 14.0. The van der Waals surface area contributed by atoms with E-state index in [2.05, 4.69) is 0 Å². The molecule has 0 aliphatic carbocycles. The van der Waals surface area contributed by atoms with Gasteiger partial charge in [0, 0.05) is 36.0 Å². The predicted octanol–water partition coefficient (Wildman–Crippen LogP) is 9.21. The van der Waals surface area contributed by atoms with E-state index in [1.165, 1.54) is 22.8 Å². The van der Waals surface area contributed by atoms with E-state index in [1.807, 2.05) is 81.4 Å². The molecule has 5 aromatic rings. The molecule has 7 rings (SSSR count). The molecule has 15 heteroatoms. The van der Waals surface area contributed by atoms with Crippen molar-refractivity contribution in [3.8, 4) is 0 Å². The third-order valence-corrected chi connectivity index (χ3v) is 17.5. The molecule has 0 saturated carbocycles. The first-order chi connectivity index (χ1) is 29.4. The molecule has 2 N–H and O–H groups in total. The van der Waals surface area contributed by atoms with Crippen LogP contribution < -0.4 is 10.4 Å². The van der Waals surface area contributed by atoms with Gasteiger partial charge in [-0.3, -0.25) is 4.90 Å². The highest BCUT2D eigenvalue weighted by Gasteiger charge is 2.53. The Hall–Kier alpha value is -5.09. The van der Waals surface area contributed by atoms with Crippen molar-refractivity contribution in [3.05, 3.63) is 131 Å². The van der Waals surface area contributed by atoms with Gasteiger partial charge in [0.2, 0.25) is 0 Å². The van der Waals surface area contributed by atoms with E-state index in [1.54, 1.807) is 27.7 Å². The molecule has 0 bridgehead atoms. The average Bonchev–Trinajstić information content (AvgIpc) is 3.47. The van der Waals surface area contributed by atoms with Crippen LogP contribution in [0.5, 0.6) is 0 Å². The molecule has 1 aromatic heterocycles. The summed E-state index contributed by atoms with van der Waals surface area (Å²) < 4.78 is 95.8. The zero-order valence-electron chi connectivity index (χ0n) is 36.7. The lowest BCUT2D eigenvalue weighted by Crippen LogP contribution is -2.67. The number of aromatic nitrogens is 1. The van der Waals surface area contributed by atoms with Crippen molar-refractivity contribution in [2.45, 2.75) is 96.1 Å². The Balaban J connectivity index is 1.31. The number of halogens is 5. The van der Waals surface area contributed by atoms with Gasteiger partial charge < -0.3 is 24.3 Å². The number of nitrogens with zero attached hydrogens (tertiary/aromatic N) is 3. The zero-order chi connectivity index (χ0) is 46.0. The van der Waals surface area contributed by atoms with Crippen LogP contribution >= 0.6 is 0 Å². The number of ether oxygens (including phenoxy) is 1. The Morgan fingerprint density at radius 3 is 1.89 bits per heavy atom. The zero-order valence-corrected chi connectivity index (χ0v) is 37.7. The van der Waals surface area contributed by atoms with Crippen molar-refractivity contribution in [3.63, 3.8) is 0 Å². The highest BCUT2D eigenvalue weighted by Crippen LogP contribution is 2.47. The average molecular weight is 892 g/mol. The van der Waals surface area contributed by atoms with Crippen LogP contribution in [-0.2, 0) is 21.2 Å². The maximum atomic E-state index is 17.1. The number of alkyl halides is 2. The smallest absolute Gasteiger partial charge is 0.416 e. The maximum Gasteiger partial charge on any atom is 0.416 e. The van der Waals surface area contributed by atoms with Gasteiger partial charge in [0.15, 0.2) is 0 Å². The molecular weight excluding hydrogens is 838 g/mol. The monoisotopic (exact) mass is 891 g/mol. The fourth-order valence-electron chi connectivity index (χ4n) is 9.40. The molecule has 9 nitrogen and oxygen atoms in total. The first-order valence-electron chi connectivity index (χ1n) is 21.0. The number of carbonyl (C=O) groups excluding carboxylic acids is 1. The van der Waals surface area contributed by atoms with E-state index < -0.39 is 96.8 Å². The van der Waals surface area contributed by atoms with Gasteiger partial charge in [-0.05, 0) is 97.9 Å². The summed E-state index contributed by atoms with van der Waals surface area (Å²) in [6.45, 7) is 11.8. The van der Waals surface area contributed by atoms with Crippen molar-refractivity contribution in [2.75, 3.05) is 26.2 Å². The number of hydrogen-bond donors (Lipinski definition) is 2. The number of carboxylic acid groups (broad SMARTS) is 1. The van der Waals surface area contributed by atoms with Crippen LogP contribution in [0.3, 0.4) is 0 Å². The predicted molar refractivity (Wildman–Crippen MR) is 233 cm³/mol. The molecule has 0 radical (unpaired) electrons. The van der Waals surface area contributed by atoms with Gasteiger partial charge in [-0.25, -0.2) is 36.1 Å². The molecule has 3 heterocycles. The van der Waals surface area contributed by atoms with Gasteiger partial charge in [0.05, 0.1) is 36.0 Å². The van der Waals surface area contributed by atoms with Gasteiger partial charge in [-0.15, -0.1) is 0 Å². The summed E-state index contributed by atoms with van der Waals surface area (Å²) in [7, 11) is -3.49. The molecule has 4 aromatic carbocycles. The molecule has 3 atom stereocenters. The summed E-state index contributed by atoms with van der Waals surface area (Å²) >= 11 is 0. The molecule has 2 aliphatic heterocycles. The number of fused-ring (bicyclic) bond motifs is 3. The lowest BCUT2D eigenvalue weighted by molar-refractivity contribution is -0.0830. The van der Waals surface area contributed by atoms with Crippen LogP contribution in [0.4, 0.5) is 31.5 Å². The van der Waals surface area contributed by atoms with E-state index in [-0.39, 0.29) is 47.2 Å². The maximum absolute atomic E-state index is 17.1. The minimum atomic E-state index is -3.68. The Bertz CT molecular complexity index is 2450. The van der Waals surface area contributed by atoms with Crippen molar-refractivity contribution in [1.29, 1.82) is 0 Å². The molecule has 0 spiro atoms. The summed E-state index contributed by atoms with van der Waals surface area (Å²) in [5.41, 5.74) is -3.45. The van der Waals surface area contributed by atoms with E-state index in [0.717, 1.165) is 39.2 Å². The second kappa shape index (κ2) is 16.5. The number of likely N-dealkylation sites (tertiary alicyclic amines) is 1. The summed E-state index contributed by atoms with van der Waals surface area (Å²) in [5.74, 6) is -7.44. The van der Waals surface area contributed by atoms with E-state index in [4.69, 9.17) is 9.16 Å². The number of hydrogen-bond acceptors (Lipinski definition) is 6. The Morgan fingerprint density at radius 2 is 1.38 bits per heavy atom. The highest BCUT2D eigenvalue weighted by atomic mass is 28.4. The number of amides is 1. The lowest BCUT2D eigenvalue weighted by atomic mass is 9.77. The Kier molecular flexibility index (Phi) is 12.0. The van der Waals surface area contributed by atoms with Gasteiger partial charge in [0.25, 0.3) is 14.2 Å². The summed E-state index contributed by atoms with van der Waals surface area (Å²) in [4.78, 5) is 28.3. The van der Waals surface area contributed by atoms with Crippen molar-refractivity contribution >= 4 is 41.8 Å². The normalized spacial score (nSPS) is 18.8. The molecule has 1 saturated heterocycles. The third kappa shape index (κ3) is 8.52. The highest BCUT2D eigenvalue weighted by molar-refractivity contribution is 6.99.